The number of amides is 2. The van der Waals surface area contributed by atoms with E-state index in [-0.39, 0.29) is 12.2 Å². The minimum absolute atomic E-state index is 0.130. The first-order chi connectivity index (χ1) is 20.1. The number of allylic oxidation sites excluding steroid dienone is 1. The molecule has 1 aliphatic heterocycles. The van der Waals surface area contributed by atoms with Gasteiger partial charge in [-0.1, -0.05) is 23.7 Å². The third-order valence-electron chi connectivity index (χ3n) is 6.64. The summed E-state index contributed by atoms with van der Waals surface area (Å²) in [5.41, 5.74) is 7.75. The lowest BCUT2D eigenvalue weighted by atomic mass is 9.95. The van der Waals surface area contributed by atoms with Crippen LogP contribution in [0.1, 0.15) is 42.4 Å². The number of urea groups is 1. The fourth-order valence-electron chi connectivity index (χ4n) is 4.75. The molecule has 0 bridgehead atoms. The second kappa shape index (κ2) is 13.5. The number of ether oxygens (including phenoxy) is 3. The molecule has 2 heterocycles. The molecule has 42 heavy (non-hydrogen) atoms. The highest BCUT2D eigenvalue weighted by molar-refractivity contribution is 6.30. The first kappa shape index (κ1) is 30.5. The van der Waals surface area contributed by atoms with Crippen LogP contribution in [0.25, 0.3) is 5.69 Å². The van der Waals surface area contributed by atoms with Gasteiger partial charge < -0.3 is 34.5 Å². The summed E-state index contributed by atoms with van der Waals surface area (Å²) in [6.45, 7) is 7.64. The second-order valence-electron chi connectivity index (χ2n) is 9.56. The lowest BCUT2D eigenvalue weighted by Gasteiger charge is -2.28. The van der Waals surface area contributed by atoms with Crippen molar-refractivity contribution in [2.45, 2.75) is 40.0 Å². The summed E-state index contributed by atoms with van der Waals surface area (Å²) in [5.74, 6) is 0.189. The molecule has 0 saturated heterocycles. The fourth-order valence-corrected chi connectivity index (χ4v) is 4.93. The first-order valence-electron chi connectivity index (χ1n) is 13.3. The average Bonchev–Trinajstić information content (AvgIpc) is 3.24. The number of esters is 1. The Hall–Kier alpha value is -4.48. The van der Waals surface area contributed by atoms with Crippen molar-refractivity contribution < 1.29 is 28.9 Å². The summed E-state index contributed by atoms with van der Waals surface area (Å²) in [4.78, 5) is 24.6. The van der Waals surface area contributed by atoms with Crippen molar-refractivity contribution in [3.05, 3.63) is 87.3 Å². The molecule has 0 spiro atoms. The Labute approximate surface area is 249 Å². The maximum absolute atomic E-state index is 12.4. The molecule has 11 nitrogen and oxygen atoms in total. The number of aliphatic hydroxyl groups is 1. The molecule has 0 saturated carbocycles. The van der Waals surface area contributed by atoms with E-state index in [1.165, 1.54) is 7.11 Å². The van der Waals surface area contributed by atoms with Crippen LogP contribution >= 0.6 is 11.6 Å². The molecule has 4 N–H and O–H groups in total. The van der Waals surface area contributed by atoms with Crippen LogP contribution in [0.5, 0.6) is 11.5 Å². The van der Waals surface area contributed by atoms with Crippen LogP contribution in [0.4, 0.5) is 4.79 Å². The zero-order valence-electron chi connectivity index (χ0n) is 24.0. The SMILES string of the molecule is CCOc1cc([C@H]2NC(=O)NC(C)=C2C(=O)OC)ccc1OC[C@@H](O)N/N=C\c1cc(C)n(-c2cccc(Cl)c2)c1C. The van der Waals surface area contributed by atoms with Gasteiger partial charge in [0.15, 0.2) is 17.7 Å². The van der Waals surface area contributed by atoms with Crippen molar-refractivity contribution in [3.63, 3.8) is 0 Å². The van der Waals surface area contributed by atoms with Gasteiger partial charge in [-0.25, -0.2) is 9.59 Å². The van der Waals surface area contributed by atoms with E-state index < -0.39 is 24.3 Å². The Morgan fingerprint density at radius 1 is 1.17 bits per heavy atom. The van der Waals surface area contributed by atoms with Crippen LogP contribution in [-0.4, -0.2) is 54.4 Å². The number of hydrazone groups is 1. The molecule has 3 aromatic rings. The molecule has 2 atom stereocenters. The first-order valence-corrected chi connectivity index (χ1v) is 13.7. The van der Waals surface area contributed by atoms with Crippen molar-refractivity contribution in [1.29, 1.82) is 0 Å². The number of methoxy groups -OCH3 is 1. The van der Waals surface area contributed by atoms with Crippen molar-refractivity contribution in [2.75, 3.05) is 20.3 Å². The van der Waals surface area contributed by atoms with Crippen molar-refractivity contribution in [3.8, 4) is 17.2 Å². The quantitative estimate of drug-likeness (QED) is 0.112. The van der Waals surface area contributed by atoms with E-state index in [1.54, 1.807) is 31.3 Å². The number of aryl methyl sites for hydroxylation is 1. The number of hydrogen-bond donors (Lipinski definition) is 4. The Kier molecular flexibility index (Phi) is 9.76. The number of carbonyl (C=O) groups is 2. The third-order valence-corrected chi connectivity index (χ3v) is 6.87. The predicted molar refractivity (Wildman–Crippen MR) is 159 cm³/mol. The number of nitrogens with zero attached hydrogens (tertiary/aromatic N) is 2. The van der Waals surface area contributed by atoms with E-state index in [9.17, 15) is 14.7 Å². The van der Waals surface area contributed by atoms with E-state index >= 15 is 0 Å². The molecule has 0 aliphatic carbocycles. The highest BCUT2D eigenvalue weighted by atomic mass is 35.5. The maximum Gasteiger partial charge on any atom is 0.337 e. The van der Waals surface area contributed by atoms with Gasteiger partial charge in [0.2, 0.25) is 0 Å². The van der Waals surface area contributed by atoms with Gasteiger partial charge in [0.25, 0.3) is 0 Å². The molecule has 222 valence electrons. The largest absolute Gasteiger partial charge is 0.490 e. The summed E-state index contributed by atoms with van der Waals surface area (Å²) in [6.07, 6.45) is 0.515. The minimum atomic E-state index is -1.12. The van der Waals surface area contributed by atoms with E-state index in [0.29, 0.717) is 34.4 Å². The molecule has 0 fully saturated rings. The van der Waals surface area contributed by atoms with E-state index in [4.69, 9.17) is 25.8 Å². The van der Waals surface area contributed by atoms with Crippen LogP contribution in [0.2, 0.25) is 5.02 Å². The number of benzene rings is 2. The highest BCUT2D eigenvalue weighted by Gasteiger charge is 2.32. The molecule has 1 aromatic heterocycles. The summed E-state index contributed by atoms with van der Waals surface area (Å²) < 4.78 is 18.6. The van der Waals surface area contributed by atoms with Gasteiger partial charge >= 0.3 is 12.0 Å². The van der Waals surface area contributed by atoms with Crippen LogP contribution in [0.15, 0.2) is 64.9 Å². The zero-order chi connectivity index (χ0) is 30.4. The molecular weight excluding hydrogens is 562 g/mol. The van der Waals surface area contributed by atoms with Crippen molar-refractivity contribution in [1.82, 2.24) is 20.6 Å². The van der Waals surface area contributed by atoms with Gasteiger partial charge in [0.05, 0.1) is 31.5 Å². The molecule has 2 amide bonds. The number of carbonyl (C=O) groups excluding carboxylic acids is 2. The average molecular weight is 596 g/mol. The molecule has 12 heteroatoms. The topological polar surface area (TPSA) is 135 Å². The maximum atomic E-state index is 12.4. The predicted octanol–water partition coefficient (Wildman–Crippen LogP) is 4.27. The number of hydrogen-bond acceptors (Lipinski definition) is 8. The number of aliphatic hydroxyl groups excluding tert-OH is 1. The van der Waals surface area contributed by atoms with Gasteiger partial charge in [-0.15, -0.1) is 0 Å². The van der Waals surface area contributed by atoms with Gasteiger partial charge in [0.1, 0.15) is 6.61 Å². The molecule has 0 radical (unpaired) electrons. The number of aromatic nitrogens is 1. The van der Waals surface area contributed by atoms with Gasteiger partial charge in [0, 0.05) is 33.4 Å². The molecular formula is C30H34ClN5O6. The molecule has 1 aliphatic rings. The lowest BCUT2D eigenvalue weighted by molar-refractivity contribution is -0.136. The van der Waals surface area contributed by atoms with Crippen molar-refractivity contribution in [2.24, 2.45) is 5.10 Å². The summed E-state index contributed by atoms with van der Waals surface area (Å²) in [7, 11) is 1.28. The molecule has 4 rings (SSSR count). The van der Waals surface area contributed by atoms with Crippen LogP contribution in [0.3, 0.4) is 0 Å². The standard InChI is InChI=1S/C30H34ClN5O6/c1-6-41-25-13-20(28-27(29(38)40-5)18(3)33-30(39)34-28)10-11-24(25)42-16-26(37)35-32-15-21-12-17(2)36(19(21)4)23-9-7-8-22(31)14-23/h7-15,26,28,35,37H,6,16H2,1-5H3,(H2,33,34,39)/b32-15-/t26-,28-/m1/s1. The molecule has 0 unspecified atom stereocenters. The van der Waals surface area contributed by atoms with Crippen LogP contribution in [0, 0.1) is 13.8 Å². The number of halogens is 1. The molecule has 2 aromatic carbocycles. The Bertz CT molecular complexity index is 1530. The summed E-state index contributed by atoms with van der Waals surface area (Å²) in [5, 5.41) is 20.6. The summed E-state index contributed by atoms with van der Waals surface area (Å²) in [6, 6.07) is 13.4. The monoisotopic (exact) mass is 595 g/mol. The summed E-state index contributed by atoms with van der Waals surface area (Å²) >= 11 is 6.17. The van der Waals surface area contributed by atoms with Crippen LogP contribution < -0.4 is 25.5 Å². The Balaban J connectivity index is 1.43. The Morgan fingerprint density at radius 2 is 1.95 bits per heavy atom. The minimum Gasteiger partial charge on any atom is -0.490 e. The second-order valence-corrected chi connectivity index (χ2v) is 9.99. The highest BCUT2D eigenvalue weighted by Crippen LogP contribution is 2.35. The smallest absolute Gasteiger partial charge is 0.337 e. The third kappa shape index (κ3) is 6.87. The zero-order valence-corrected chi connectivity index (χ0v) is 24.8. The Morgan fingerprint density at radius 3 is 2.67 bits per heavy atom. The van der Waals surface area contributed by atoms with Gasteiger partial charge in [-0.3, -0.25) is 5.43 Å². The van der Waals surface area contributed by atoms with Crippen LogP contribution in [-0.2, 0) is 9.53 Å². The van der Waals surface area contributed by atoms with Gasteiger partial charge in [-0.2, -0.15) is 5.10 Å². The van der Waals surface area contributed by atoms with Gasteiger partial charge in [-0.05, 0) is 69.7 Å². The number of rotatable bonds is 11. The fraction of sp³-hybridized carbons (Fsp3) is 0.300. The van der Waals surface area contributed by atoms with Crippen molar-refractivity contribution >= 4 is 29.8 Å². The normalized spacial score (nSPS) is 15.7. The van der Waals surface area contributed by atoms with E-state index in [1.807, 2.05) is 51.1 Å². The lowest BCUT2D eigenvalue weighted by Crippen LogP contribution is -2.45. The van der Waals surface area contributed by atoms with E-state index in [0.717, 1.165) is 22.6 Å². The van der Waals surface area contributed by atoms with E-state index in [2.05, 4.69) is 25.7 Å². The number of nitrogens with one attached hydrogen (secondary N) is 3.